The van der Waals surface area contributed by atoms with Gasteiger partial charge in [-0.1, -0.05) is 30.3 Å². The molecule has 1 saturated carbocycles. The van der Waals surface area contributed by atoms with Crippen LogP contribution in [0.25, 0.3) is 0 Å². The first-order chi connectivity index (χ1) is 15.0. The minimum Gasteiger partial charge on any atom is -0.497 e. The Kier molecular flexibility index (Phi) is 5.93. The highest BCUT2D eigenvalue weighted by Gasteiger charge is 2.40. The summed E-state index contributed by atoms with van der Waals surface area (Å²) in [5.41, 5.74) is 7.77. The van der Waals surface area contributed by atoms with E-state index >= 15 is 0 Å². The molecule has 0 radical (unpaired) electrons. The summed E-state index contributed by atoms with van der Waals surface area (Å²) in [7, 11) is 1.63. The van der Waals surface area contributed by atoms with Crippen LogP contribution in [-0.4, -0.2) is 41.6 Å². The van der Waals surface area contributed by atoms with Crippen LogP contribution < -0.4 is 15.5 Å². The lowest BCUT2D eigenvalue weighted by Gasteiger charge is -2.29. The number of nitrogens with two attached hydrogens (primary N) is 1. The van der Waals surface area contributed by atoms with E-state index in [-0.39, 0.29) is 18.4 Å². The van der Waals surface area contributed by atoms with Gasteiger partial charge in [-0.15, -0.1) is 0 Å². The number of hydrogen-bond donors (Lipinski definition) is 1. The number of carbonyl (C=O) groups is 2. The molecule has 7 heteroatoms. The van der Waals surface area contributed by atoms with Crippen LogP contribution in [0.15, 0.2) is 59.7 Å². The van der Waals surface area contributed by atoms with Crippen LogP contribution in [0.4, 0.5) is 5.69 Å². The largest absolute Gasteiger partial charge is 0.497 e. The molecule has 2 unspecified atom stereocenters. The first kappa shape index (κ1) is 20.9. The molecule has 2 N–H and O–H groups in total. The molecule has 1 aliphatic carbocycles. The van der Waals surface area contributed by atoms with Crippen LogP contribution in [0, 0.1) is 5.92 Å². The molecule has 1 fully saturated rings. The minimum atomic E-state index is -0.666. The lowest BCUT2D eigenvalue weighted by Crippen LogP contribution is -2.44. The Morgan fingerprint density at radius 3 is 2.42 bits per heavy atom. The number of amides is 2. The van der Waals surface area contributed by atoms with E-state index in [9.17, 15) is 9.59 Å². The number of benzene rings is 2. The summed E-state index contributed by atoms with van der Waals surface area (Å²) in [5.74, 6) is 0.647. The highest BCUT2D eigenvalue weighted by atomic mass is 16.5. The van der Waals surface area contributed by atoms with E-state index < -0.39 is 11.9 Å². The summed E-state index contributed by atoms with van der Waals surface area (Å²) >= 11 is 0. The fraction of sp³-hybridized carbons (Fsp3) is 0.375. The van der Waals surface area contributed by atoms with Gasteiger partial charge in [-0.25, -0.2) is 0 Å². The highest BCUT2D eigenvalue weighted by Crippen LogP contribution is 2.36. The summed E-state index contributed by atoms with van der Waals surface area (Å²) in [6.45, 7) is 2.57. The predicted molar refractivity (Wildman–Crippen MR) is 120 cm³/mol. The third kappa shape index (κ3) is 4.55. The van der Waals surface area contributed by atoms with Crippen LogP contribution >= 0.6 is 0 Å². The standard InChI is InChI=1S/C24H28N4O3/c1-16(18-10-11-18)27(15-17-8-12-20(31-2)13-9-17)24(30)21-14-22(23(25)29)28(26-21)19-6-4-3-5-7-19/h3-9,12-13,16,18,22H,10-11,14-15H2,1-2H3,(H2,25,29). The molecule has 162 valence electrons. The molecule has 2 aliphatic rings. The van der Waals surface area contributed by atoms with Gasteiger partial charge in [0, 0.05) is 19.0 Å². The third-order valence-electron chi connectivity index (χ3n) is 6.08. The summed E-state index contributed by atoms with van der Waals surface area (Å²) in [6.07, 6.45) is 2.46. The molecule has 2 amide bonds. The lowest BCUT2D eigenvalue weighted by molar-refractivity contribution is -0.127. The summed E-state index contributed by atoms with van der Waals surface area (Å²) in [4.78, 5) is 27.6. The van der Waals surface area contributed by atoms with Crippen molar-refractivity contribution >= 4 is 23.2 Å². The Balaban J connectivity index is 1.60. The Bertz CT molecular complexity index is 970. The van der Waals surface area contributed by atoms with Crippen molar-refractivity contribution in [1.29, 1.82) is 0 Å². The second-order valence-electron chi connectivity index (χ2n) is 8.21. The number of anilines is 1. The van der Waals surface area contributed by atoms with Gasteiger partial charge in [0.05, 0.1) is 12.8 Å². The molecule has 2 aromatic rings. The molecule has 31 heavy (non-hydrogen) atoms. The van der Waals surface area contributed by atoms with Crippen LogP contribution in [0.2, 0.25) is 0 Å². The molecule has 1 heterocycles. The molecule has 0 saturated heterocycles. The number of rotatable bonds is 8. The van der Waals surface area contributed by atoms with Crippen molar-refractivity contribution in [2.45, 2.75) is 44.8 Å². The Morgan fingerprint density at radius 1 is 1.16 bits per heavy atom. The van der Waals surface area contributed by atoms with E-state index in [1.54, 1.807) is 12.1 Å². The summed E-state index contributed by atoms with van der Waals surface area (Å²) in [5, 5.41) is 6.12. The number of hydrogen-bond acceptors (Lipinski definition) is 5. The van der Waals surface area contributed by atoms with E-state index in [4.69, 9.17) is 10.5 Å². The first-order valence-electron chi connectivity index (χ1n) is 10.6. The van der Waals surface area contributed by atoms with Crippen molar-refractivity contribution in [3.05, 3.63) is 60.2 Å². The topological polar surface area (TPSA) is 88.2 Å². The van der Waals surface area contributed by atoms with Gasteiger partial charge in [-0.3, -0.25) is 14.6 Å². The fourth-order valence-corrected chi connectivity index (χ4v) is 4.01. The molecule has 0 aromatic heterocycles. The van der Waals surface area contributed by atoms with Crippen LogP contribution in [0.3, 0.4) is 0 Å². The zero-order valence-corrected chi connectivity index (χ0v) is 17.9. The molecule has 0 bridgehead atoms. The second-order valence-corrected chi connectivity index (χ2v) is 8.21. The first-order valence-corrected chi connectivity index (χ1v) is 10.6. The zero-order valence-electron chi connectivity index (χ0n) is 17.9. The summed E-state index contributed by atoms with van der Waals surface area (Å²) in [6, 6.07) is 16.5. The van der Waals surface area contributed by atoms with Gasteiger partial charge in [0.2, 0.25) is 5.91 Å². The van der Waals surface area contributed by atoms with E-state index in [0.717, 1.165) is 29.8 Å². The molecular weight excluding hydrogens is 392 g/mol. The third-order valence-corrected chi connectivity index (χ3v) is 6.08. The lowest BCUT2D eigenvalue weighted by atomic mass is 10.1. The van der Waals surface area contributed by atoms with E-state index in [1.807, 2.05) is 59.5 Å². The number of primary amides is 1. The molecule has 2 aromatic carbocycles. The van der Waals surface area contributed by atoms with Gasteiger partial charge in [-0.05, 0) is 55.5 Å². The van der Waals surface area contributed by atoms with Gasteiger partial charge in [0.1, 0.15) is 17.5 Å². The van der Waals surface area contributed by atoms with Crippen LogP contribution in [0.1, 0.15) is 31.7 Å². The number of hydrazone groups is 1. The fourth-order valence-electron chi connectivity index (χ4n) is 4.01. The summed E-state index contributed by atoms with van der Waals surface area (Å²) < 4.78 is 5.24. The van der Waals surface area contributed by atoms with E-state index in [1.165, 1.54) is 0 Å². The molecule has 1 aliphatic heterocycles. The van der Waals surface area contributed by atoms with Gasteiger partial charge in [0.25, 0.3) is 5.91 Å². The van der Waals surface area contributed by atoms with Crippen molar-refractivity contribution in [1.82, 2.24) is 4.90 Å². The van der Waals surface area contributed by atoms with Crippen molar-refractivity contribution in [3.8, 4) is 5.75 Å². The quantitative estimate of drug-likeness (QED) is 0.711. The number of para-hydroxylation sites is 1. The average Bonchev–Trinajstić information content (AvgIpc) is 3.55. The average molecular weight is 421 g/mol. The van der Waals surface area contributed by atoms with Gasteiger partial charge >= 0.3 is 0 Å². The molecular formula is C24H28N4O3. The Labute approximate surface area is 182 Å². The maximum atomic E-state index is 13.6. The molecule has 7 nitrogen and oxygen atoms in total. The number of carbonyl (C=O) groups excluding carboxylic acids is 2. The van der Waals surface area contributed by atoms with Crippen LogP contribution in [0.5, 0.6) is 5.75 Å². The maximum Gasteiger partial charge on any atom is 0.270 e. The smallest absolute Gasteiger partial charge is 0.270 e. The normalized spacial score (nSPS) is 19.0. The van der Waals surface area contributed by atoms with Crippen molar-refractivity contribution in [3.63, 3.8) is 0 Å². The minimum absolute atomic E-state index is 0.0927. The molecule has 0 spiro atoms. The second kappa shape index (κ2) is 8.79. The van der Waals surface area contributed by atoms with Gasteiger partial charge in [0.15, 0.2) is 0 Å². The van der Waals surface area contributed by atoms with Crippen molar-refractivity contribution < 1.29 is 14.3 Å². The van der Waals surface area contributed by atoms with Gasteiger partial charge in [-0.2, -0.15) is 5.10 Å². The van der Waals surface area contributed by atoms with Crippen molar-refractivity contribution in [2.24, 2.45) is 16.8 Å². The molecule has 2 atom stereocenters. The Hall–Kier alpha value is -3.35. The van der Waals surface area contributed by atoms with Gasteiger partial charge < -0.3 is 15.4 Å². The van der Waals surface area contributed by atoms with Crippen LogP contribution in [-0.2, 0) is 16.1 Å². The van der Waals surface area contributed by atoms with E-state index in [2.05, 4.69) is 12.0 Å². The number of ether oxygens (including phenoxy) is 1. The Morgan fingerprint density at radius 2 is 1.84 bits per heavy atom. The monoisotopic (exact) mass is 420 g/mol. The number of methoxy groups -OCH3 is 1. The zero-order chi connectivity index (χ0) is 22.0. The highest BCUT2D eigenvalue weighted by molar-refractivity contribution is 6.40. The SMILES string of the molecule is COc1ccc(CN(C(=O)C2=NN(c3ccccc3)C(C(N)=O)C2)C(C)C2CC2)cc1. The molecule has 4 rings (SSSR count). The van der Waals surface area contributed by atoms with E-state index in [0.29, 0.717) is 18.2 Å². The van der Waals surface area contributed by atoms with Crippen molar-refractivity contribution in [2.75, 3.05) is 12.1 Å². The predicted octanol–water partition coefficient (Wildman–Crippen LogP) is 2.94. The number of nitrogens with zero attached hydrogens (tertiary/aromatic N) is 3. The maximum absolute atomic E-state index is 13.6.